The number of hydrogen-bond acceptors (Lipinski definition) is 4. The third kappa shape index (κ3) is 6.28. The van der Waals surface area contributed by atoms with Crippen LogP contribution in [0.25, 0.3) is 0 Å². The molecule has 1 atom stereocenters. The van der Waals surface area contributed by atoms with Crippen LogP contribution in [0.2, 0.25) is 0 Å². The standard InChI is InChI=1S/C6H15NO3S/c1-11(9,10)3-2-6(4-7)5-8/h6,8H,2-5,7H2,1H3. The van der Waals surface area contributed by atoms with E-state index in [9.17, 15) is 8.42 Å². The van der Waals surface area contributed by atoms with Crippen molar-refractivity contribution in [3.8, 4) is 0 Å². The van der Waals surface area contributed by atoms with Crippen LogP contribution in [0.15, 0.2) is 0 Å². The summed E-state index contributed by atoms with van der Waals surface area (Å²) in [6.45, 7) is 0.304. The van der Waals surface area contributed by atoms with Gasteiger partial charge < -0.3 is 10.8 Å². The minimum absolute atomic E-state index is 0.0357. The summed E-state index contributed by atoms with van der Waals surface area (Å²) in [5, 5.41) is 8.65. The zero-order valence-corrected chi connectivity index (χ0v) is 7.47. The van der Waals surface area contributed by atoms with Crippen LogP contribution in [-0.2, 0) is 9.84 Å². The van der Waals surface area contributed by atoms with Gasteiger partial charge in [0.25, 0.3) is 0 Å². The molecule has 0 bridgehead atoms. The summed E-state index contributed by atoms with van der Waals surface area (Å²) in [7, 11) is -2.91. The number of rotatable bonds is 5. The number of aliphatic hydroxyl groups excluding tert-OH is 1. The molecule has 1 unspecified atom stereocenters. The Kier molecular flexibility index (Phi) is 4.63. The predicted octanol–water partition coefficient (Wildman–Crippen LogP) is -1.01. The highest BCUT2D eigenvalue weighted by atomic mass is 32.2. The average Bonchev–Trinajstić information content (AvgIpc) is 1.88. The number of sulfone groups is 1. The van der Waals surface area contributed by atoms with Crippen molar-refractivity contribution in [2.24, 2.45) is 11.7 Å². The zero-order chi connectivity index (χ0) is 8.91. The largest absolute Gasteiger partial charge is 0.396 e. The van der Waals surface area contributed by atoms with Gasteiger partial charge in [-0.3, -0.25) is 0 Å². The van der Waals surface area contributed by atoms with Crippen molar-refractivity contribution >= 4 is 9.84 Å². The smallest absolute Gasteiger partial charge is 0.147 e. The quantitative estimate of drug-likeness (QED) is 0.569. The Hall–Kier alpha value is -0.130. The van der Waals surface area contributed by atoms with Gasteiger partial charge in [0, 0.05) is 12.9 Å². The molecule has 0 saturated carbocycles. The second-order valence-corrected chi connectivity index (χ2v) is 4.96. The third-order valence-electron chi connectivity index (χ3n) is 1.49. The van der Waals surface area contributed by atoms with Crippen LogP contribution in [0.1, 0.15) is 6.42 Å². The van der Waals surface area contributed by atoms with Gasteiger partial charge in [-0.1, -0.05) is 0 Å². The van der Waals surface area contributed by atoms with E-state index in [1.165, 1.54) is 6.26 Å². The van der Waals surface area contributed by atoms with Crippen molar-refractivity contribution in [2.75, 3.05) is 25.2 Å². The maximum Gasteiger partial charge on any atom is 0.147 e. The van der Waals surface area contributed by atoms with E-state index in [-0.39, 0.29) is 18.3 Å². The lowest BCUT2D eigenvalue weighted by molar-refractivity contribution is 0.227. The highest BCUT2D eigenvalue weighted by Crippen LogP contribution is 2.01. The van der Waals surface area contributed by atoms with Crippen LogP contribution < -0.4 is 5.73 Å². The van der Waals surface area contributed by atoms with Crippen molar-refractivity contribution in [2.45, 2.75) is 6.42 Å². The molecule has 0 aliphatic heterocycles. The Morgan fingerprint density at radius 1 is 1.55 bits per heavy atom. The van der Waals surface area contributed by atoms with Crippen LogP contribution in [0.4, 0.5) is 0 Å². The molecule has 4 nitrogen and oxygen atoms in total. The van der Waals surface area contributed by atoms with Gasteiger partial charge >= 0.3 is 0 Å². The maximum atomic E-state index is 10.6. The lowest BCUT2D eigenvalue weighted by atomic mass is 10.1. The van der Waals surface area contributed by atoms with Gasteiger partial charge in [0.1, 0.15) is 9.84 Å². The lowest BCUT2D eigenvalue weighted by Gasteiger charge is -2.08. The summed E-state index contributed by atoms with van der Waals surface area (Å²) in [4.78, 5) is 0. The van der Waals surface area contributed by atoms with Crippen LogP contribution in [0, 0.1) is 5.92 Å². The highest BCUT2D eigenvalue weighted by Gasteiger charge is 2.09. The number of nitrogens with two attached hydrogens (primary N) is 1. The molecule has 11 heavy (non-hydrogen) atoms. The second kappa shape index (κ2) is 4.69. The molecule has 0 aliphatic rings. The van der Waals surface area contributed by atoms with Crippen LogP contribution in [0.3, 0.4) is 0 Å². The van der Waals surface area contributed by atoms with Gasteiger partial charge in [-0.25, -0.2) is 8.42 Å². The number of aliphatic hydroxyl groups is 1. The Labute approximate surface area is 67.3 Å². The van der Waals surface area contributed by atoms with E-state index in [1.807, 2.05) is 0 Å². The molecule has 0 spiro atoms. The van der Waals surface area contributed by atoms with E-state index in [0.29, 0.717) is 13.0 Å². The van der Waals surface area contributed by atoms with Crippen LogP contribution in [-0.4, -0.2) is 38.7 Å². The molecule has 0 aromatic carbocycles. The topological polar surface area (TPSA) is 80.4 Å². The van der Waals surface area contributed by atoms with Gasteiger partial charge in [0.15, 0.2) is 0 Å². The van der Waals surface area contributed by atoms with Gasteiger partial charge in [-0.15, -0.1) is 0 Å². The molecule has 68 valence electrons. The molecule has 0 rings (SSSR count). The first-order valence-corrected chi connectivity index (χ1v) is 5.54. The van der Waals surface area contributed by atoms with Gasteiger partial charge in [-0.2, -0.15) is 0 Å². The van der Waals surface area contributed by atoms with E-state index < -0.39 is 9.84 Å². The first-order chi connectivity index (χ1) is 4.99. The molecule has 5 heteroatoms. The fraction of sp³-hybridized carbons (Fsp3) is 1.00. The molecule has 0 radical (unpaired) electrons. The van der Waals surface area contributed by atoms with E-state index in [4.69, 9.17) is 10.8 Å². The summed E-state index contributed by atoms with van der Waals surface area (Å²) in [5.74, 6) is 0.0276. The molecule has 0 aromatic heterocycles. The van der Waals surface area contributed by atoms with E-state index in [0.717, 1.165) is 0 Å². The van der Waals surface area contributed by atoms with Gasteiger partial charge in [0.05, 0.1) is 5.75 Å². The van der Waals surface area contributed by atoms with Crippen molar-refractivity contribution in [1.82, 2.24) is 0 Å². The van der Waals surface area contributed by atoms with Crippen LogP contribution >= 0.6 is 0 Å². The van der Waals surface area contributed by atoms with E-state index in [1.54, 1.807) is 0 Å². The Morgan fingerprint density at radius 3 is 2.36 bits per heavy atom. The fourth-order valence-electron chi connectivity index (χ4n) is 0.664. The summed E-state index contributed by atoms with van der Waals surface area (Å²) in [6.07, 6.45) is 1.63. The minimum Gasteiger partial charge on any atom is -0.396 e. The second-order valence-electron chi connectivity index (χ2n) is 2.70. The SMILES string of the molecule is CS(=O)(=O)CCC(CN)CO. The Balaban J connectivity index is 3.69. The summed E-state index contributed by atoms with van der Waals surface area (Å²) in [5.41, 5.74) is 5.26. The molecule has 0 amide bonds. The molecular formula is C6H15NO3S. The molecule has 0 aromatic rings. The van der Waals surface area contributed by atoms with Crippen molar-refractivity contribution < 1.29 is 13.5 Å². The third-order valence-corrected chi connectivity index (χ3v) is 2.47. The molecular weight excluding hydrogens is 166 g/mol. The average molecular weight is 181 g/mol. The fourth-order valence-corrected chi connectivity index (χ4v) is 1.43. The Morgan fingerprint density at radius 2 is 2.09 bits per heavy atom. The van der Waals surface area contributed by atoms with Crippen LogP contribution in [0.5, 0.6) is 0 Å². The van der Waals surface area contributed by atoms with Crippen molar-refractivity contribution in [3.63, 3.8) is 0 Å². The zero-order valence-electron chi connectivity index (χ0n) is 6.66. The summed E-state index contributed by atoms with van der Waals surface area (Å²) >= 11 is 0. The first kappa shape index (κ1) is 10.9. The van der Waals surface area contributed by atoms with E-state index in [2.05, 4.69) is 0 Å². The molecule has 0 heterocycles. The number of hydrogen-bond donors (Lipinski definition) is 2. The molecule has 0 aliphatic carbocycles. The van der Waals surface area contributed by atoms with Crippen molar-refractivity contribution in [1.29, 1.82) is 0 Å². The maximum absolute atomic E-state index is 10.6. The van der Waals surface area contributed by atoms with Gasteiger partial charge in [0.2, 0.25) is 0 Å². The summed E-state index contributed by atoms with van der Waals surface area (Å²) in [6, 6.07) is 0. The predicted molar refractivity (Wildman–Crippen MR) is 44.0 cm³/mol. The summed E-state index contributed by atoms with van der Waals surface area (Å²) < 4.78 is 21.3. The molecule has 0 saturated heterocycles. The van der Waals surface area contributed by atoms with Crippen molar-refractivity contribution in [3.05, 3.63) is 0 Å². The monoisotopic (exact) mass is 181 g/mol. The van der Waals surface area contributed by atoms with E-state index >= 15 is 0 Å². The normalized spacial score (nSPS) is 14.8. The highest BCUT2D eigenvalue weighted by molar-refractivity contribution is 7.90. The minimum atomic E-state index is -2.91. The molecule has 3 N–H and O–H groups in total. The van der Waals surface area contributed by atoms with Gasteiger partial charge in [-0.05, 0) is 18.9 Å². The molecule has 0 fully saturated rings. The lowest BCUT2D eigenvalue weighted by Crippen LogP contribution is -2.21. The Bertz CT molecular complexity index is 184. The first-order valence-electron chi connectivity index (χ1n) is 3.48.